The minimum absolute atomic E-state index is 0.0140. The molecule has 30 heteroatoms. The second-order valence-electron chi connectivity index (χ2n) is 35.3. The van der Waals surface area contributed by atoms with Crippen LogP contribution >= 0.6 is 0 Å². The topological polar surface area (TPSA) is 418 Å². The lowest BCUT2D eigenvalue weighted by Gasteiger charge is -2.48. The molecule has 0 N–H and O–H groups in total. The Kier molecular flexibility index (Phi) is 23.7. The zero-order valence-electron chi connectivity index (χ0n) is 73.7. The number of cyclic esters (lactones) is 12. The predicted molar refractivity (Wildman–Crippen MR) is 479 cm³/mol. The van der Waals surface area contributed by atoms with Gasteiger partial charge < -0.3 is 56.8 Å². The van der Waals surface area contributed by atoms with Crippen LogP contribution in [-0.2, 0) is 44.7 Å². The summed E-state index contributed by atoms with van der Waals surface area (Å²) in [6.45, 7) is 10.8. The number of hydrogen-bond donors (Lipinski definition) is 0. The van der Waals surface area contributed by atoms with Gasteiger partial charge in [-0.3, -0.25) is 0 Å². The summed E-state index contributed by atoms with van der Waals surface area (Å²) in [5.74, 6) is -11.1. The van der Waals surface area contributed by atoms with E-state index in [2.05, 4.69) is 49.2 Å². The highest BCUT2D eigenvalue weighted by Crippen LogP contribution is 2.55. The number of ether oxygens (including phenoxy) is 12. The summed E-state index contributed by atoms with van der Waals surface area (Å²) < 4.78 is 60.8. The Balaban J connectivity index is 0.000000138. The van der Waals surface area contributed by atoms with Gasteiger partial charge in [0.1, 0.15) is 34.5 Å². The molecule has 686 valence electrons. The third kappa shape index (κ3) is 17.8. The van der Waals surface area contributed by atoms with E-state index >= 15 is 0 Å². The summed E-state index contributed by atoms with van der Waals surface area (Å²) in [6, 6.07) is 67.6. The number of fused-ring (bicyclic) bond motifs is 6. The van der Waals surface area contributed by atoms with Crippen LogP contribution in [0.2, 0.25) is 0 Å². The predicted octanol–water partition coefficient (Wildman–Crippen LogP) is 17.9. The fraction of sp³-hybridized carbons (Fsp3) is 0.167. The Morgan fingerprint density at radius 2 is 0.449 bits per heavy atom. The largest absolute Gasteiger partial charge is 0.423 e. The van der Waals surface area contributed by atoms with E-state index in [1.54, 1.807) is 72.8 Å². The molecule has 0 amide bonds. The van der Waals surface area contributed by atoms with Gasteiger partial charge in [-0.15, -0.1) is 0 Å². The molecule has 138 heavy (non-hydrogen) atoms. The van der Waals surface area contributed by atoms with Crippen molar-refractivity contribution in [2.45, 2.75) is 102 Å². The Hall–Kier alpha value is -17.7. The molecule has 12 aromatic carbocycles. The molecule has 6 aliphatic heterocycles. The molecule has 2 saturated carbocycles. The van der Waals surface area contributed by atoms with E-state index in [1.165, 1.54) is 109 Å². The van der Waals surface area contributed by atoms with Crippen LogP contribution in [0.15, 0.2) is 255 Å². The smallest absolute Gasteiger partial charge is 0.346 e. The lowest BCUT2D eigenvalue weighted by Crippen LogP contribution is -2.41. The molecule has 0 saturated heterocycles. The van der Waals surface area contributed by atoms with Gasteiger partial charge in [0.25, 0.3) is 0 Å². The van der Waals surface area contributed by atoms with Gasteiger partial charge in [-0.2, -0.15) is 0 Å². The first-order chi connectivity index (χ1) is 66.0. The molecule has 6 heterocycles. The van der Waals surface area contributed by atoms with Crippen LogP contribution in [0.25, 0.3) is 0 Å². The third-order valence-electron chi connectivity index (χ3n) is 25.4. The standard InChI is InChI=1S/C39H30O10.C36H24O10.C33H20O10/c1-21-18-38(2,3)20-39(19-21,24-6-10-26(11-7-24)46-32(40)22-4-14-28-30(16-22)36(44)48-34(28)42)25-8-12-27(13-9-25)47-33(41)23-5-15-29-31(17-23)37(45)49-35(29)43;37-30(20-4-14-26-28(18-20)34(41)45-32(26)39)43-24-10-6-22(7-11-24)36(16-2-1-3-17-36)23-8-12-25(13-9-23)44-31(38)21-5-15-27-29(19-21)35(42)46-33(27)40;1-33(2,19-5-9-21(10-6-19)40-27(34)17-3-13-23-25(15-17)31(38)42-29(23)36)20-7-11-22(12-8-20)41-28(35)18-4-14-24-26(16-18)32(39)43-30(24)37/h4-17,21H,18-20H2,1-3H3;4-15,18-19H,1-3,16-17H2;3-16H,1-2H3. The Morgan fingerprint density at radius 1 is 0.254 bits per heavy atom. The summed E-state index contributed by atoms with van der Waals surface area (Å²) in [7, 11) is 0. The molecular formula is C108H74O30. The Bertz CT molecular complexity index is 6900. The molecule has 2 fully saturated rings. The third-order valence-corrected chi connectivity index (χ3v) is 25.4. The van der Waals surface area contributed by atoms with E-state index in [0.29, 0.717) is 28.9 Å². The number of hydrogen-bond acceptors (Lipinski definition) is 30. The fourth-order valence-corrected chi connectivity index (χ4v) is 18.8. The van der Waals surface area contributed by atoms with Crippen LogP contribution in [0.4, 0.5) is 0 Å². The van der Waals surface area contributed by atoms with Gasteiger partial charge in [-0.05, 0) is 259 Å². The lowest BCUT2D eigenvalue weighted by atomic mass is 9.55. The number of rotatable bonds is 18. The molecule has 0 bridgehead atoms. The van der Waals surface area contributed by atoms with E-state index in [-0.39, 0.29) is 122 Å². The van der Waals surface area contributed by atoms with Crippen LogP contribution in [-0.4, -0.2) is 107 Å². The van der Waals surface area contributed by atoms with Crippen LogP contribution < -0.4 is 28.4 Å². The molecular weight excluding hydrogens is 1780 g/mol. The highest BCUT2D eigenvalue weighted by molar-refractivity contribution is 6.20. The van der Waals surface area contributed by atoms with Crippen molar-refractivity contribution in [1.29, 1.82) is 0 Å². The summed E-state index contributed by atoms with van der Waals surface area (Å²) >= 11 is 0. The second kappa shape index (κ2) is 36.0. The summed E-state index contributed by atoms with van der Waals surface area (Å²) in [5, 5.41) is 0. The molecule has 20 rings (SSSR count). The lowest BCUT2D eigenvalue weighted by molar-refractivity contribution is 0.0425. The molecule has 2 aliphatic carbocycles. The molecule has 30 nitrogen and oxygen atoms in total. The number of esters is 18. The maximum Gasteiger partial charge on any atom is 0.346 e. The van der Waals surface area contributed by atoms with E-state index in [0.717, 1.165) is 84.7 Å². The van der Waals surface area contributed by atoms with E-state index in [9.17, 15) is 86.3 Å². The number of benzene rings is 12. The van der Waals surface area contributed by atoms with E-state index in [1.807, 2.05) is 86.6 Å². The van der Waals surface area contributed by atoms with Crippen molar-refractivity contribution < 1.29 is 143 Å². The maximum absolute atomic E-state index is 12.9. The van der Waals surface area contributed by atoms with Crippen molar-refractivity contribution in [3.8, 4) is 34.5 Å². The van der Waals surface area contributed by atoms with E-state index in [4.69, 9.17) is 28.4 Å². The number of carbonyl (C=O) groups is 18. The van der Waals surface area contributed by atoms with Crippen LogP contribution in [0.5, 0.6) is 34.5 Å². The zero-order chi connectivity index (χ0) is 97.1. The molecule has 1 atom stereocenters. The van der Waals surface area contributed by atoms with Crippen molar-refractivity contribution in [2.75, 3.05) is 0 Å². The van der Waals surface area contributed by atoms with Crippen LogP contribution in [0.3, 0.4) is 0 Å². The van der Waals surface area contributed by atoms with Gasteiger partial charge in [-0.1, -0.05) is 127 Å². The fourth-order valence-electron chi connectivity index (χ4n) is 18.8. The van der Waals surface area contributed by atoms with Crippen LogP contribution in [0.1, 0.15) is 306 Å². The monoisotopic (exact) mass is 1850 g/mol. The van der Waals surface area contributed by atoms with Crippen molar-refractivity contribution in [2.24, 2.45) is 11.3 Å². The first-order valence-corrected chi connectivity index (χ1v) is 43.4. The number of carbonyl (C=O) groups excluding carboxylic acids is 18. The Morgan fingerprint density at radius 3 is 0.659 bits per heavy atom. The average Bonchev–Trinajstić information content (AvgIpc) is 1.36. The summed E-state index contributed by atoms with van der Waals surface area (Å²) in [6.07, 6.45) is 7.74. The van der Waals surface area contributed by atoms with E-state index < -0.39 is 118 Å². The van der Waals surface area contributed by atoms with Gasteiger partial charge in [-0.25, -0.2) is 86.3 Å². The SMILES string of the molecule is CC(C)(c1ccc(OC(=O)c2ccc3c(c2)C(=O)OC3=O)cc1)c1ccc(OC(=O)c2ccc3c(c2)C(=O)OC3=O)cc1.CC1CC(C)(C)CC(c2ccc(OC(=O)c3ccc4c(c3)C(=O)OC4=O)cc2)(c2ccc(OC(=O)c3ccc4c(c3)C(=O)OC4=O)cc2)C1.O=C(Oc1ccc(C2(c3ccc(OC(=O)c4ccc5c(c4)C(=O)OC5=O)cc3)CCCCC2)cc1)c1ccc2c(c1)C(=O)OC2=O. The zero-order valence-corrected chi connectivity index (χ0v) is 73.7. The molecule has 0 aromatic heterocycles. The quantitative estimate of drug-likeness (QED) is 0.0333. The molecule has 1 unspecified atom stereocenters. The summed E-state index contributed by atoms with van der Waals surface area (Å²) in [4.78, 5) is 218. The first kappa shape index (κ1) is 90.8. The maximum atomic E-state index is 12.9. The normalized spacial score (nSPS) is 16.3. The summed E-state index contributed by atoms with van der Waals surface area (Å²) in [5.41, 5.74) is 6.30. The molecule has 0 spiro atoms. The second-order valence-corrected chi connectivity index (χ2v) is 35.3. The first-order valence-electron chi connectivity index (χ1n) is 43.4. The molecule has 12 aromatic rings. The van der Waals surface area contributed by atoms with Crippen molar-refractivity contribution in [3.05, 3.63) is 388 Å². The average molecular weight is 1850 g/mol. The minimum Gasteiger partial charge on any atom is -0.423 e. The van der Waals surface area contributed by atoms with Crippen molar-refractivity contribution >= 4 is 107 Å². The van der Waals surface area contributed by atoms with Gasteiger partial charge in [0, 0.05) is 16.2 Å². The van der Waals surface area contributed by atoms with Crippen molar-refractivity contribution in [1.82, 2.24) is 0 Å². The van der Waals surface area contributed by atoms with Gasteiger partial charge in [0.05, 0.1) is 100 Å². The highest BCUT2D eigenvalue weighted by atomic mass is 16.6. The van der Waals surface area contributed by atoms with Crippen LogP contribution in [0, 0.1) is 11.3 Å². The Labute approximate surface area is 782 Å². The van der Waals surface area contributed by atoms with Gasteiger partial charge in [0.15, 0.2) is 0 Å². The van der Waals surface area contributed by atoms with Gasteiger partial charge in [0.2, 0.25) is 0 Å². The van der Waals surface area contributed by atoms with Gasteiger partial charge >= 0.3 is 107 Å². The minimum atomic E-state index is -0.807. The van der Waals surface area contributed by atoms with Crippen molar-refractivity contribution in [3.63, 3.8) is 0 Å². The molecule has 8 aliphatic rings. The highest BCUT2D eigenvalue weighted by Gasteiger charge is 2.47. The molecule has 0 radical (unpaired) electrons.